The van der Waals surface area contributed by atoms with Crippen molar-refractivity contribution in [2.24, 2.45) is 0 Å². The summed E-state index contributed by atoms with van der Waals surface area (Å²) in [5, 5.41) is 3.87. The molecule has 2 aromatic rings. The Kier molecular flexibility index (Phi) is 4.43. The van der Waals surface area contributed by atoms with Gasteiger partial charge in [-0.25, -0.2) is 4.79 Å². The SMILES string of the molecule is COc1cccc2cc(CNC(=O)N3CC(C)OC(C)C3)oc12. The van der Waals surface area contributed by atoms with E-state index in [1.807, 2.05) is 38.1 Å². The highest BCUT2D eigenvalue weighted by Gasteiger charge is 2.25. The maximum absolute atomic E-state index is 12.3. The molecule has 2 amide bonds. The molecule has 1 aliphatic rings. The molecular formula is C17H22N2O4. The minimum Gasteiger partial charge on any atom is -0.493 e. The van der Waals surface area contributed by atoms with Crippen molar-refractivity contribution in [3.8, 4) is 5.75 Å². The molecule has 6 nitrogen and oxygen atoms in total. The van der Waals surface area contributed by atoms with Gasteiger partial charge in [-0.15, -0.1) is 0 Å². The maximum atomic E-state index is 12.3. The van der Waals surface area contributed by atoms with E-state index in [0.29, 0.717) is 36.7 Å². The van der Waals surface area contributed by atoms with E-state index in [4.69, 9.17) is 13.9 Å². The van der Waals surface area contributed by atoms with Gasteiger partial charge in [0, 0.05) is 18.5 Å². The second kappa shape index (κ2) is 6.50. The Morgan fingerprint density at radius 1 is 1.35 bits per heavy atom. The smallest absolute Gasteiger partial charge is 0.317 e. The van der Waals surface area contributed by atoms with Gasteiger partial charge < -0.3 is 24.1 Å². The van der Waals surface area contributed by atoms with Crippen molar-refractivity contribution in [3.63, 3.8) is 0 Å². The van der Waals surface area contributed by atoms with Crippen LogP contribution in [-0.2, 0) is 11.3 Å². The number of morpholine rings is 1. The van der Waals surface area contributed by atoms with Gasteiger partial charge in [0.15, 0.2) is 11.3 Å². The van der Waals surface area contributed by atoms with E-state index < -0.39 is 0 Å². The third-order valence-corrected chi connectivity index (χ3v) is 3.90. The van der Waals surface area contributed by atoms with Crippen LogP contribution in [0.2, 0.25) is 0 Å². The number of methoxy groups -OCH3 is 1. The lowest BCUT2D eigenvalue weighted by molar-refractivity contribution is -0.0545. The Morgan fingerprint density at radius 2 is 2.09 bits per heavy atom. The second-order valence-electron chi connectivity index (χ2n) is 5.91. The number of fused-ring (bicyclic) bond motifs is 1. The molecule has 0 saturated carbocycles. The molecule has 1 N–H and O–H groups in total. The van der Waals surface area contributed by atoms with E-state index in [1.54, 1.807) is 12.0 Å². The van der Waals surface area contributed by atoms with E-state index in [9.17, 15) is 4.79 Å². The average Bonchev–Trinajstić information content (AvgIpc) is 2.94. The van der Waals surface area contributed by atoms with Crippen molar-refractivity contribution in [3.05, 3.63) is 30.0 Å². The lowest BCUT2D eigenvalue weighted by atomic mass is 10.2. The molecule has 2 heterocycles. The molecule has 1 saturated heterocycles. The van der Waals surface area contributed by atoms with Gasteiger partial charge in [0.1, 0.15) is 5.76 Å². The number of hydrogen-bond acceptors (Lipinski definition) is 4. The molecule has 23 heavy (non-hydrogen) atoms. The summed E-state index contributed by atoms with van der Waals surface area (Å²) in [6.07, 6.45) is 0.111. The Morgan fingerprint density at radius 3 is 2.78 bits per heavy atom. The van der Waals surface area contributed by atoms with Crippen LogP contribution in [0.25, 0.3) is 11.0 Å². The Labute approximate surface area is 135 Å². The molecule has 1 aliphatic heterocycles. The largest absolute Gasteiger partial charge is 0.493 e. The molecule has 0 spiro atoms. The molecule has 0 aliphatic carbocycles. The fraction of sp³-hybridized carbons (Fsp3) is 0.471. The highest BCUT2D eigenvalue weighted by Crippen LogP contribution is 2.28. The number of carbonyl (C=O) groups excluding carboxylic acids is 1. The summed E-state index contributed by atoms with van der Waals surface area (Å²) >= 11 is 0. The van der Waals surface area contributed by atoms with Gasteiger partial charge in [0.2, 0.25) is 0 Å². The van der Waals surface area contributed by atoms with Crippen LogP contribution in [0.15, 0.2) is 28.7 Å². The van der Waals surface area contributed by atoms with Crippen LogP contribution in [0.1, 0.15) is 19.6 Å². The van der Waals surface area contributed by atoms with Crippen molar-refractivity contribution in [1.29, 1.82) is 0 Å². The average molecular weight is 318 g/mol. The minimum atomic E-state index is -0.0978. The van der Waals surface area contributed by atoms with Gasteiger partial charge in [-0.1, -0.05) is 12.1 Å². The summed E-state index contributed by atoms with van der Waals surface area (Å²) in [4.78, 5) is 14.1. The monoisotopic (exact) mass is 318 g/mol. The van der Waals surface area contributed by atoms with Gasteiger partial charge in [-0.05, 0) is 26.0 Å². The number of nitrogens with zero attached hydrogens (tertiary/aromatic N) is 1. The number of ether oxygens (including phenoxy) is 2. The fourth-order valence-electron chi connectivity index (χ4n) is 2.96. The van der Waals surface area contributed by atoms with Crippen LogP contribution in [-0.4, -0.2) is 43.3 Å². The van der Waals surface area contributed by atoms with Gasteiger partial charge in [0.25, 0.3) is 0 Å². The third-order valence-electron chi connectivity index (χ3n) is 3.90. The van der Waals surface area contributed by atoms with Crippen LogP contribution < -0.4 is 10.1 Å². The summed E-state index contributed by atoms with van der Waals surface area (Å²) in [7, 11) is 1.61. The van der Waals surface area contributed by atoms with E-state index >= 15 is 0 Å². The molecular weight excluding hydrogens is 296 g/mol. The van der Waals surface area contributed by atoms with Crippen LogP contribution in [0, 0.1) is 0 Å². The lowest BCUT2D eigenvalue weighted by Crippen LogP contribution is -2.51. The van der Waals surface area contributed by atoms with Crippen LogP contribution in [0.5, 0.6) is 5.75 Å². The zero-order valence-electron chi connectivity index (χ0n) is 13.7. The van der Waals surface area contributed by atoms with Crippen molar-refractivity contribution in [1.82, 2.24) is 10.2 Å². The second-order valence-corrected chi connectivity index (χ2v) is 5.91. The normalized spacial score (nSPS) is 21.4. The molecule has 3 rings (SSSR count). The zero-order valence-corrected chi connectivity index (χ0v) is 13.7. The number of urea groups is 1. The topological polar surface area (TPSA) is 63.9 Å². The van der Waals surface area contributed by atoms with Gasteiger partial charge in [-0.3, -0.25) is 0 Å². The van der Waals surface area contributed by atoms with E-state index in [0.717, 1.165) is 5.39 Å². The third kappa shape index (κ3) is 3.42. The molecule has 0 bridgehead atoms. The quantitative estimate of drug-likeness (QED) is 0.945. The Bertz CT molecular complexity index is 687. The van der Waals surface area contributed by atoms with Crippen molar-refractivity contribution in [2.75, 3.05) is 20.2 Å². The molecule has 6 heteroatoms. The Balaban J connectivity index is 1.65. The number of para-hydroxylation sites is 1. The summed E-state index contributed by atoms with van der Waals surface area (Å²) in [6.45, 7) is 5.49. The number of nitrogens with one attached hydrogen (secondary N) is 1. The first-order valence-corrected chi connectivity index (χ1v) is 7.80. The number of amides is 2. The fourth-order valence-corrected chi connectivity index (χ4v) is 2.96. The first-order valence-electron chi connectivity index (χ1n) is 7.80. The van der Waals surface area contributed by atoms with E-state index in [1.165, 1.54) is 0 Å². The predicted octanol–water partition coefficient (Wildman–Crippen LogP) is 2.76. The standard InChI is InChI=1S/C17H22N2O4/c1-11-9-19(10-12(2)22-11)17(20)18-8-14-7-13-5-4-6-15(21-3)16(13)23-14/h4-7,11-12H,8-10H2,1-3H3,(H,18,20). The molecule has 2 atom stereocenters. The molecule has 124 valence electrons. The first kappa shape index (κ1) is 15.7. The van der Waals surface area contributed by atoms with Crippen LogP contribution >= 0.6 is 0 Å². The highest BCUT2D eigenvalue weighted by molar-refractivity contribution is 5.83. The molecule has 0 radical (unpaired) electrons. The molecule has 2 unspecified atom stereocenters. The van der Waals surface area contributed by atoms with Crippen LogP contribution in [0.3, 0.4) is 0 Å². The summed E-state index contributed by atoms with van der Waals surface area (Å²) in [5.41, 5.74) is 0.702. The summed E-state index contributed by atoms with van der Waals surface area (Å²) < 4.78 is 16.7. The predicted molar refractivity (Wildman–Crippen MR) is 86.6 cm³/mol. The minimum absolute atomic E-state index is 0.0555. The number of carbonyl (C=O) groups is 1. The van der Waals surface area contributed by atoms with Crippen molar-refractivity contribution >= 4 is 17.0 Å². The number of benzene rings is 1. The summed E-state index contributed by atoms with van der Waals surface area (Å²) in [5.74, 6) is 1.39. The van der Waals surface area contributed by atoms with Crippen molar-refractivity contribution in [2.45, 2.75) is 32.6 Å². The van der Waals surface area contributed by atoms with E-state index in [2.05, 4.69) is 5.32 Å². The summed E-state index contributed by atoms with van der Waals surface area (Å²) in [6, 6.07) is 7.54. The maximum Gasteiger partial charge on any atom is 0.317 e. The van der Waals surface area contributed by atoms with Gasteiger partial charge in [-0.2, -0.15) is 0 Å². The lowest BCUT2D eigenvalue weighted by Gasteiger charge is -2.35. The number of rotatable bonds is 3. The van der Waals surface area contributed by atoms with Gasteiger partial charge in [0.05, 0.1) is 25.9 Å². The van der Waals surface area contributed by atoms with Crippen LogP contribution in [0.4, 0.5) is 4.79 Å². The first-order chi connectivity index (χ1) is 11.1. The Hall–Kier alpha value is -2.21. The van der Waals surface area contributed by atoms with Crippen molar-refractivity contribution < 1.29 is 18.7 Å². The van der Waals surface area contributed by atoms with Gasteiger partial charge >= 0.3 is 6.03 Å². The zero-order chi connectivity index (χ0) is 16.4. The number of furan rings is 1. The molecule has 1 aromatic heterocycles. The molecule has 1 fully saturated rings. The highest BCUT2D eigenvalue weighted by atomic mass is 16.5. The molecule has 1 aromatic carbocycles. The number of hydrogen-bond donors (Lipinski definition) is 1. The van der Waals surface area contributed by atoms with E-state index in [-0.39, 0.29) is 18.2 Å².